The van der Waals surface area contributed by atoms with Gasteiger partial charge in [0, 0.05) is 45.3 Å². The van der Waals surface area contributed by atoms with Crippen molar-refractivity contribution >= 4 is 71.9 Å². The van der Waals surface area contributed by atoms with E-state index < -0.39 is 64.5 Å². The fraction of sp³-hybridized carbons (Fsp3) is 0.686. The van der Waals surface area contributed by atoms with Gasteiger partial charge in [0.1, 0.15) is 31.3 Å². The maximum absolute atomic E-state index is 14.3. The number of fused-ring (bicyclic) bond motifs is 2. The van der Waals surface area contributed by atoms with Crippen LogP contribution in [-0.4, -0.2) is 142 Å². The van der Waals surface area contributed by atoms with Gasteiger partial charge in [-0.3, -0.25) is 38.6 Å². The SMILES string of the molecule is CC(C)(C)[C@H](N)C(=O)N1C[C@@H]2CCC[C@@H]2[C@H]1C(=O)OCc1ccccc1.CC1(C)CC(=O)N(C[C@@H](N=C=O)C(C)(C)C)C(=O)C1.CC1(C)CC(=O)N(C[C@@H](NC(=O)N[C@H](C(=O)N2C[C@@H]3CCC[C@@H]3[C@H]2C(=O)OCc2ccccc2)C(C)(C)C)C(C)(C)C)C(=O)C1.Cl. The van der Waals surface area contributed by atoms with Crippen LogP contribution in [0, 0.1) is 56.2 Å². The number of nitrogens with one attached hydrogen (secondary N) is 2. The zero-order valence-corrected chi connectivity index (χ0v) is 57.8. The molecule has 4 aliphatic heterocycles. The van der Waals surface area contributed by atoms with E-state index in [0.29, 0.717) is 31.8 Å². The van der Waals surface area contributed by atoms with Gasteiger partial charge in [0.05, 0.1) is 24.7 Å². The number of piperidine rings is 2. The van der Waals surface area contributed by atoms with Crippen molar-refractivity contribution in [2.75, 3.05) is 26.2 Å². The van der Waals surface area contributed by atoms with Crippen molar-refractivity contribution in [1.82, 2.24) is 30.2 Å². The quantitative estimate of drug-likeness (QED) is 0.0650. The number of urea groups is 1. The van der Waals surface area contributed by atoms with E-state index in [9.17, 15) is 47.9 Å². The molecule has 2 aromatic rings. The fourth-order valence-corrected chi connectivity index (χ4v) is 13.3. The number of nitrogens with zero attached hydrogens (tertiary/aromatic N) is 5. The third-order valence-electron chi connectivity index (χ3n) is 18.9. The molecule has 6 fully saturated rings. The Kier molecular flexibility index (Phi) is 25.2. The number of esters is 2. The summed E-state index contributed by atoms with van der Waals surface area (Å²) in [6, 6.07) is 14.8. The van der Waals surface area contributed by atoms with Crippen LogP contribution < -0.4 is 16.4 Å². The zero-order valence-electron chi connectivity index (χ0n) is 57.0. The second-order valence-corrected chi connectivity index (χ2v) is 31.9. The Hall–Kier alpha value is -6.50. The lowest BCUT2D eigenvalue weighted by Gasteiger charge is -2.40. The van der Waals surface area contributed by atoms with Crippen molar-refractivity contribution in [3.8, 4) is 0 Å². The lowest BCUT2D eigenvalue weighted by Crippen LogP contribution is -2.62. The molecule has 4 N–H and O–H groups in total. The number of imide groups is 2. The van der Waals surface area contributed by atoms with E-state index in [4.69, 9.17) is 15.2 Å². The van der Waals surface area contributed by atoms with Gasteiger partial charge in [-0.05, 0) is 93.0 Å². The summed E-state index contributed by atoms with van der Waals surface area (Å²) >= 11 is 0. The van der Waals surface area contributed by atoms with Crippen LogP contribution >= 0.6 is 12.4 Å². The largest absolute Gasteiger partial charge is 0.459 e. The number of amides is 8. The normalized spacial score (nSPS) is 24.1. The number of likely N-dealkylation sites (tertiary alicyclic amines) is 4. The summed E-state index contributed by atoms with van der Waals surface area (Å²) in [6.07, 6.45) is 8.72. The highest BCUT2D eigenvalue weighted by molar-refractivity contribution is 5.99. The van der Waals surface area contributed by atoms with Crippen LogP contribution in [0.3, 0.4) is 0 Å². The molecule has 10 atom stereocenters. The van der Waals surface area contributed by atoms with E-state index in [1.807, 2.05) is 171 Å². The highest BCUT2D eigenvalue weighted by atomic mass is 35.5. The number of hydrogen-bond donors (Lipinski definition) is 3. The Morgan fingerprint density at radius 1 is 0.571 bits per heavy atom. The molecule has 0 radical (unpaired) electrons. The van der Waals surface area contributed by atoms with Crippen LogP contribution in [0.25, 0.3) is 0 Å². The summed E-state index contributed by atoms with van der Waals surface area (Å²) < 4.78 is 11.3. The molecule has 0 unspecified atom stereocenters. The van der Waals surface area contributed by atoms with Crippen LogP contribution in [0.5, 0.6) is 0 Å². The summed E-state index contributed by atoms with van der Waals surface area (Å²) in [7, 11) is 0. The van der Waals surface area contributed by atoms with E-state index in [1.54, 1.807) is 9.80 Å². The van der Waals surface area contributed by atoms with Crippen LogP contribution in [0.1, 0.15) is 186 Å². The first-order chi connectivity index (χ1) is 41.7. The van der Waals surface area contributed by atoms with Gasteiger partial charge in [-0.2, -0.15) is 0 Å². The summed E-state index contributed by atoms with van der Waals surface area (Å²) in [5, 5.41) is 5.88. The van der Waals surface area contributed by atoms with Crippen LogP contribution in [0.2, 0.25) is 0 Å². The van der Waals surface area contributed by atoms with Crippen molar-refractivity contribution in [3.63, 3.8) is 0 Å². The van der Waals surface area contributed by atoms with Crippen LogP contribution in [0.15, 0.2) is 65.7 Å². The number of aliphatic imine (C=N–C) groups is 1. The Labute approximate surface area is 546 Å². The third-order valence-corrected chi connectivity index (χ3v) is 18.9. The maximum Gasteiger partial charge on any atom is 0.329 e. The first kappa shape index (κ1) is 75.2. The molecule has 0 aromatic heterocycles. The van der Waals surface area contributed by atoms with E-state index >= 15 is 0 Å². The van der Waals surface area contributed by atoms with Gasteiger partial charge < -0.3 is 35.6 Å². The summed E-state index contributed by atoms with van der Waals surface area (Å²) in [5.41, 5.74) is 5.55. The molecule has 8 rings (SSSR count). The van der Waals surface area contributed by atoms with E-state index in [1.165, 1.54) is 15.9 Å². The molecule has 91 heavy (non-hydrogen) atoms. The smallest absolute Gasteiger partial charge is 0.329 e. The number of rotatable bonds is 15. The second kappa shape index (κ2) is 30.5. The van der Waals surface area contributed by atoms with Gasteiger partial charge in [0.15, 0.2) is 0 Å². The number of nitrogens with two attached hydrogens (primary N) is 1. The first-order valence-electron chi connectivity index (χ1n) is 32.3. The molecule has 0 spiro atoms. The number of isocyanates is 1. The van der Waals surface area contributed by atoms with Gasteiger partial charge in [0.25, 0.3) is 0 Å². The van der Waals surface area contributed by atoms with Crippen molar-refractivity contribution in [3.05, 3.63) is 71.8 Å². The molecule has 4 saturated heterocycles. The minimum absolute atomic E-state index is 0. The van der Waals surface area contributed by atoms with Crippen LogP contribution in [-0.2, 0) is 65.8 Å². The lowest BCUT2D eigenvalue weighted by molar-refractivity contribution is -0.157. The Morgan fingerprint density at radius 2 is 0.967 bits per heavy atom. The highest BCUT2D eigenvalue weighted by Gasteiger charge is 2.54. The van der Waals surface area contributed by atoms with Gasteiger partial charge in [-0.25, -0.2) is 24.2 Å². The summed E-state index contributed by atoms with van der Waals surface area (Å²) in [5.74, 6) is -1.18. The minimum atomic E-state index is -0.930. The molecule has 6 aliphatic rings. The molecule has 20 nitrogen and oxygen atoms in total. The topological polar surface area (TPSA) is 265 Å². The van der Waals surface area contributed by atoms with Gasteiger partial charge in [-0.1, -0.05) is 184 Å². The van der Waals surface area contributed by atoms with Gasteiger partial charge in [-0.15, -0.1) is 12.4 Å². The van der Waals surface area contributed by atoms with E-state index in [-0.39, 0.29) is 127 Å². The number of carbonyl (C=O) groups excluding carboxylic acids is 10. The van der Waals surface area contributed by atoms with Gasteiger partial charge in [0.2, 0.25) is 41.5 Å². The molecular weight excluding hydrogens is 1180 g/mol. The fourth-order valence-electron chi connectivity index (χ4n) is 13.3. The monoisotopic (exact) mass is 1280 g/mol. The average Bonchev–Trinajstić information content (AvgIpc) is 1.80. The van der Waals surface area contributed by atoms with E-state index in [0.717, 1.165) is 49.7 Å². The second-order valence-electron chi connectivity index (χ2n) is 31.9. The Balaban J connectivity index is 0.000000275. The Bertz CT molecular complexity index is 2920. The lowest BCUT2D eigenvalue weighted by atomic mass is 9.80. The van der Waals surface area contributed by atoms with Crippen molar-refractivity contribution in [2.45, 2.75) is 224 Å². The average molecular weight is 1290 g/mol. The number of carbonyl (C=O) groups is 9. The standard InChI is InChI=1S/C35H52N4O6.C21H30N2O3.C14H22N2O3.ClH/c1-33(2,3)25(20-38-26(40)17-35(7,8)18-27(38)41)36-32(44)37-29(34(4,5)6)30(42)39-19-23-15-12-16-24(23)28(39)31(43)45-21-22-13-10-9-11-14-22;1-21(2,3)18(22)19(24)23-12-15-10-7-11-16(15)17(23)20(25)26-13-14-8-5-4-6-9-14;1-13(2,3)10(15-9-17)8-16-11(18)6-14(4,5)7-12(16)19;/h9-11,13-14,23-25,28-29H,12,15-21H2,1-8H3,(H2,36,37,44);4-6,8-9,15-18H,7,10-13,22H2,1-3H3;10H,6-8H2,1-5H3;1H/t23-,24-,25+,28-,29+;15-,16-,17-,18+;10-;/m001./s1. The molecule has 2 saturated carbocycles. The van der Waals surface area contributed by atoms with Crippen molar-refractivity contribution < 1.29 is 57.4 Å². The van der Waals surface area contributed by atoms with Gasteiger partial charge >= 0.3 is 18.0 Å². The molecule has 504 valence electrons. The number of benzene rings is 2. The molecular formula is C70H105ClN8O12. The van der Waals surface area contributed by atoms with Crippen molar-refractivity contribution in [1.29, 1.82) is 0 Å². The van der Waals surface area contributed by atoms with Crippen LogP contribution in [0.4, 0.5) is 4.79 Å². The molecule has 8 amide bonds. The molecule has 21 heteroatoms. The molecule has 2 aliphatic carbocycles. The molecule has 2 aromatic carbocycles. The maximum atomic E-state index is 14.3. The predicted octanol–water partition coefficient (Wildman–Crippen LogP) is 9.72. The number of hydrogen-bond acceptors (Lipinski definition) is 14. The molecule has 0 bridgehead atoms. The minimum Gasteiger partial charge on any atom is -0.459 e. The number of ether oxygens (including phenoxy) is 2. The number of halogens is 1. The summed E-state index contributed by atoms with van der Waals surface area (Å²) in [4.78, 5) is 137. The van der Waals surface area contributed by atoms with Crippen molar-refractivity contribution in [2.24, 2.45) is 66.9 Å². The summed E-state index contributed by atoms with van der Waals surface area (Å²) in [6.45, 7) is 32.3. The zero-order chi connectivity index (χ0) is 67.1. The Morgan fingerprint density at radius 3 is 1.33 bits per heavy atom. The third kappa shape index (κ3) is 20.0. The first-order valence-corrected chi connectivity index (χ1v) is 32.3. The highest BCUT2D eigenvalue weighted by Crippen LogP contribution is 2.45. The predicted molar refractivity (Wildman–Crippen MR) is 349 cm³/mol. The molecule has 4 heterocycles. The van der Waals surface area contributed by atoms with E-state index in [2.05, 4.69) is 15.6 Å².